The minimum atomic E-state index is -0.780. The number of nitrogens with zero attached hydrogens (tertiary/aromatic N) is 1. The number of benzene rings is 1. The summed E-state index contributed by atoms with van der Waals surface area (Å²) in [5, 5.41) is 10.9. The second kappa shape index (κ2) is 5.12. The lowest BCUT2D eigenvalue weighted by Gasteiger charge is -2.09. The number of thiazole rings is 1. The van der Waals surface area contributed by atoms with E-state index in [1.807, 2.05) is 13.8 Å². The second-order valence-corrected chi connectivity index (χ2v) is 5.41. The molecule has 0 saturated carbocycles. The summed E-state index contributed by atoms with van der Waals surface area (Å²) in [7, 11) is 0. The van der Waals surface area contributed by atoms with Crippen LogP contribution in [0.4, 0.5) is 8.78 Å². The SMILES string of the molecule is Cc1nc(C)c(C(O)Cc2cc(F)cc(F)c2)s1. The highest BCUT2D eigenvalue weighted by atomic mass is 32.1. The standard InChI is InChI=1S/C13H13F2NOS/c1-7-13(18-8(2)16-7)12(17)5-9-3-10(14)6-11(15)4-9/h3-4,6,12,17H,5H2,1-2H3. The van der Waals surface area contributed by atoms with Crippen LogP contribution in [0.2, 0.25) is 0 Å². The van der Waals surface area contributed by atoms with Crippen molar-refractivity contribution in [2.24, 2.45) is 0 Å². The molecule has 1 aromatic carbocycles. The third-order valence-corrected chi connectivity index (χ3v) is 3.77. The van der Waals surface area contributed by atoms with Crippen molar-refractivity contribution in [3.05, 3.63) is 51.0 Å². The van der Waals surface area contributed by atoms with Gasteiger partial charge in [0.05, 0.1) is 21.7 Å². The van der Waals surface area contributed by atoms with Gasteiger partial charge in [0.2, 0.25) is 0 Å². The maximum Gasteiger partial charge on any atom is 0.126 e. The molecule has 96 valence electrons. The average molecular weight is 269 g/mol. The fourth-order valence-electron chi connectivity index (χ4n) is 1.90. The largest absolute Gasteiger partial charge is 0.387 e. The van der Waals surface area contributed by atoms with Gasteiger partial charge in [0, 0.05) is 12.5 Å². The van der Waals surface area contributed by atoms with Crippen molar-refractivity contribution in [3.8, 4) is 0 Å². The van der Waals surface area contributed by atoms with E-state index in [-0.39, 0.29) is 6.42 Å². The van der Waals surface area contributed by atoms with E-state index in [4.69, 9.17) is 0 Å². The van der Waals surface area contributed by atoms with E-state index >= 15 is 0 Å². The van der Waals surface area contributed by atoms with Gasteiger partial charge in [-0.05, 0) is 31.5 Å². The fourth-order valence-corrected chi connectivity index (χ4v) is 2.81. The number of rotatable bonds is 3. The maximum atomic E-state index is 13.0. The molecule has 0 aliphatic heterocycles. The molecular formula is C13H13F2NOS. The summed E-state index contributed by atoms with van der Waals surface area (Å²) in [6, 6.07) is 3.28. The van der Waals surface area contributed by atoms with Crippen LogP contribution in [0, 0.1) is 25.5 Å². The average Bonchev–Trinajstić information content (AvgIpc) is 2.56. The van der Waals surface area contributed by atoms with Gasteiger partial charge < -0.3 is 5.11 Å². The molecule has 0 aliphatic carbocycles. The first-order valence-corrected chi connectivity index (χ1v) is 6.34. The zero-order valence-electron chi connectivity index (χ0n) is 10.1. The second-order valence-electron chi connectivity index (χ2n) is 4.18. The molecule has 0 aliphatic rings. The van der Waals surface area contributed by atoms with Crippen molar-refractivity contribution in [3.63, 3.8) is 0 Å². The van der Waals surface area contributed by atoms with Crippen molar-refractivity contribution < 1.29 is 13.9 Å². The first-order valence-electron chi connectivity index (χ1n) is 5.52. The van der Waals surface area contributed by atoms with Crippen LogP contribution in [-0.4, -0.2) is 10.1 Å². The van der Waals surface area contributed by atoms with Gasteiger partial charge in [0.25, 0.3) is 0 Å². The van der Waals surface area contributed by atoms with Crippen molar-refractivity contribution in [1.29, 1.82) is 0 Å². The highest BCUT2D eigenvalue weighted by molar-refractivity contribution is 7.11. The number of aliphatic hydroxyl groups is 1. The molecule has 5 heteroatoms. The lowest BCUT2D eigenvalue weighted by molar-refractivity contribution is 0.181. The molecule has 0 radical (unpaired) electrons. The number of aliphatic hydroxyl groups excluding tert-OH is 1. The predicted molar refractivity (Wildman–Crippen MR) is 66.6 cm³/mol. The molecule has 18 heavy (non-hydrogen) atoms. The number of aryl methyl sites for hydroxylation is 2. The van der Waals surface area contributed by atoms with Crippen molar-refractivity contribution in [1.82, 2.24) is 4.98 Å². The third-order valence-electron chi connectivity index (χ3n) is 2.59. The van der Waals surface area contributed by atoms with E-state index < -0.39 is 17.7 Å². The predicted octanol–water partition coefficient (Wildman–Crippen LogP) is 3.31. The lowest BCUT2D eigenvalue weighted by Crippen LogP contribution is -2.02. The molecule has 0 saturated heterocycles. The lowest BCUT2D eigenvalue weighted by atomic mass is 10.1. The number of aromatic nitrogens is 1. The van der Waals surface area contributed by atoms with Gasteiger partial charge in [-0.1, -0.05) is 0 Å². The Bertz CT molecular complexity index is 548. The molecule has 0 spiro atoms. The van der Waals surface area contributed by atoms with Crippen LogP contribution in [0.1, 0.15) is 27.2 Å². The van der Waals surface area contributed by atoms with Crippen LogP contribution in [-0.2, 0) is 6.42 Å². The Hall–Kier alpha value is -1.33. The number of halogens is 2. The Morgan fingerprint density at radius 2 is 1.83 bits per heavy atom. The van der Waals surface area contributed by atoms with E-state index in [1.54, 1.807) is 0 Å². The molecule has 0 bridgehead atoms. The Labute approximate surface area is 108 Å². The summed E-state index contributed by atoms with van der Waals surface area (Å²) < 4.78 is 26.1. The summed E-state index contributed by atoms with van der Waals surface area (Å²) in [5.74, 6) is -1.26. The molecular weight excluding hydrogens is 256 g/mol. The highest BCUT2D eigenvalue weighted by Gasteiger charge is 2.16. The summed E-state index contributed by atoms with van der Waals surface area (Å²) in [6.07, 6.45) is -0.602. The highest BCUT2D eigenvalue weighted by Crippen LogP contribution is 2.27. The third kappa shape index (κ3) is 2.91. The molecule has 1 heterocycles. The topological polar surface area (TPSA) is 33.1 Å². The van der Waals surface area contributed by atoms with Crippen LogP contribution in [0.3, 0.4) is 0 Å². The van der Waals surface area contributed by atoms with Crippen LogP contribution in [0.15, 0.2) is 18.2 Å². The minimum Gasteiger partial charge on any atom is -0.387 e. The molecule has 1 aromatic heterocycles. The normalized spacial score (nSPS) is 12.7. The Balaban J connectivity index is 2.20. The van der Waals surface area contributed by atoms with Crippen molar-refractivity contribution >= 4 is 11.3 Å². The molecule has 0 amide bonds. The zero-order valence-corrected chi connectivity index (χ0v) is 10.9. The van der Waals surface area contributed by atoms with Gasteiger partial charge >= 0.3 is 0 Å². The van der Waals surface area contributed by atoms with E-state index in [9.17, 15) is 13.9 Å². The molecule has 1 N–H and O–H groups in total. The van der Waals surface area contributed by atoms with Crippen LogP contribution < -0.4 is 0 Å². The molecule has 2 aromatic rings. The van der Waals surface area contributed by atoms with E-state index in [2.05, 4.69) is 4.98 Å². The summed E-state index contributed by atoms with van der Waals surface area (Å²) in [5.41, 5.74) is 1.20. The van der Waals surface area contributed by atoms with Crippen molar-refractivity contribution in [2.75, 3.05) is 0 Å². The molecule has 2 rings (SSSR count). The smallest absolute Gasteiger partial charge is 0.126 e. The summed E-state index contributed by atoms with van der Waals surface area (Å²) in [6.45, 7) is 3.67. The first-order chi connectivity index (χ1) is 8.45. The van der Waals surface area contributed by atoms with E-state index in [1.165, 1.54) is 23.5 Å². The summed E-state index contributed by atoms with van der Waals surface area (Å²) >= 11 is 1.40. The van der Waals surface area contributed by atoms with Crippen molar-refractivity contribution in [2.45, 2.75) is 26.4 Å². The van der Waals surface area contributed by atoms with E-state index in [0.717, 1.165) is 21.6 Å². The Morgan fingerprint density at radius 3 is 2.33 bits per heavy atom. The van der Waals surface area contributed by atoms with Crippen LogP contribution >= 0.6 is 11.3 Å². The van der Waals surface area contributed by atoms with Gasteiger partial charge in [-0.15, -0.1) is 11.3 Å². The van der Waals surface area contributed by atoms with Gasteiger partial charge in [0.15, 0.2) is 0 Å². The quantitative estimate of drug-likeness (QED) is 0.927. The monoisotopic (exact) mass is 269 g/mol. The van der Waals surface area contributed by atoms with Gasteiger partial charge in [-0.3, -0.25) is 0 Å². The number of hydrogen-bond acceptors (Lipinski definition) is 3. The first kappa shape index (κ1) is 13.1. The van der Waals surface area contributed by atoms with Crippen LogP contribution in [0.25, 0.3) is 0 Å². The molecule has 1 unspecified atom stereocenters. The van der Waals surface area contributed by atoms with Gasteiger partial charge in [-0.25, -0.2) is 13.8 Å². The van der Waals surface area contributed by atoms with Crippen LogP contribution in [0.5, 0.6) is 0 Å². The van der Waals surface area contributed by atoms with E-state index in [0.29, 0.717) is 5.56 Å². The van der Waals surface area contributed by atoms with Gasteiger partial charge in [-0.2, -0.15) is 0 Å². The zero-order chi connectivity index (χ0) is 13.3. The Morgan fingerprint density at radius 1 is 1.22 bits per heavy atom. The molecule has 1 atom stereocenters. The number of hydrogen-bond donors (Lipinski definition) is 1. The minimum absolute atomic E-state index is 0.178. The summed E-state index contributed by atoms with van der Waals surface area (Å²) in [4.78, 5) is 4.97. The fraction of sp³-hybridized carbons (Fsp3) is 0.308. The molecule has 0 fully saturated rings. The van der Waals surface area contributed by atoms with Gasteiger partial charge in [0.1, 0.15) is 11.6 Å². The Kier molecular flexibility index (Phi) is 3.73. The maximum absolute atomic E-state index is 13.0. The molecule has 2 nitrogen and oxygen atoms in total.